The van der Waals surface area contributed by atoms with Crippen molar-refractivity contribution in [2.45, 2.75) is 6.42 Å². The quantitative estimate of drug-likeness (QED) is 0.917. The van der Waals surface area contributed by atoms with Gasteiger partial charge in [0.1, 0.15) is 0 Å². The lowest BCUT2D eigenvalue weighted by Gasteiger charge is -2.19. The van der Waals surface area contributed by atoms with Crippen LogP contribution in [0.25, 0.3) is 10.8 Å². The molecule has 1 saturated heterocycles. The van der Waals surface area contributed by atoms with Crippen LogP contribution in [-0.4, -0.2) is 18.4 Å². The van der Waals surface area contributed by atoms with E-state index < -0.39 is 11.8 Å². The maximum absolute atomic E-state index is 12.1. The second kappa shape index (κ2) is 4.90. The van der Waals surface area contributed by atoms with Gasteiger partial charge in [-0.1, -0.05) is 40.2 Å². The van der Waals surface area contributed by atoms with Gasteiger partial charge < -0.3 is 10.6 Å². The second-order valence-electron chi connectivity index (χ2n) is 4.92. The number of fused-ring (bicyclic) bond motifs is 1. The Hall–Kier alpha value is -1.88. The minimum Gasteiger partial charge on any atom is -0.369 e. The fraction of sp³-hybridized carbons (Fsp3) is 0.200. The van der Waals surface area contributed by atoms with Crippen molar-refractivity contribution in [1.82, 2.24) is 0 Å². The van der Waals surface area contributed by atoms with Crippen molar-refractivity contribution in [3.8, 4) is 0 Å². The lowest BCUT2D eigenvalue weighted by atomic mass is 10.1. The largest absolute Gasteiger partial charge is 0.369 e. The van der Waals surface area contributed by atoms with Crippen LogP contribution in [0.3, 0.4) is 0 Å². The number of primary amides is 1. The maximum Gasteiger partial charge on any atom is 0.227 e. The van der Waals surface area contributed by atoms with Crippen molar-refractivity contribution in [1.29, 1.82) is 0 Å². The molecule has 0 spiro atoms. The number of hydrogen-bond acceptors (Lipinski definition) is 2. The summed E-state index contributed by atoms with van der Waals surface area (Å²) in [5, 5.41) is 2.03. The molecule has 2 aromatic carbocycles. The van der Waals surface area contributed by atoms with Crippen molar-refractivity contribution in [2.75, 3.05) is 11.4 Å². The molecule has 1 heterocycles. The molecule has 1 atom stereocenters. The van der Waals surface area contributed by atoms with Crippen LogP contribution in [0.2, 0.25) is 0 Å². The third-order valence-electron chi connectivity index (χ3n) is 3.67. The SMILES string of the molecule is NC(=O)C1CC(=O)N(c2ccc(Br)c3ccccc23)C1. The molecule has 3 rings (SSSR count). The fourth-order valence-electron chi connectivity index (χ4n) is 2.61. The van der Waals surface area contributed by atoms with Crippen LogP contribution in [-0.2, 0) is 9.59 Å². The topological polar surface area (TPSA) is 63.4 Å². The van der Waals surface area contributed by atoms with Crippen molar-refractivity contribution < 1.29 is 9.59 Å². The fourth-order valence-corrected chi connectivity index (χ4v) is 3.09. The summed E-state index contributed by atoms with van der Waals surface area (Å²) in [5.41, 5.74) is 6.14. The minimum atomic E-state index is -0.415. The summed E-state index contributed by atoms with van der Waals surface area (Å²) in [4.78, 5) is 25.1. The molecule has 102 valence electrons. The summed E-state index contributed by atoms with van der Waals surface area (Å²) in [7, 11) is 0. The van der Waals surface area contributed by atoms with Crippen molar-refractivity contribution in [2.24, 2.45) is 11.7 Å². The van der Waals surface area contributed by atoms with E-state index in [4.69, 9.17) is 5.73 Å². The standard InChI is InChI=1S/C15H13BrN2O2/c16-12-5-6-13(11-4-2-1-3-10(11)12)18-8-9(15(17)20)7-14(18)19/h1-6,9H,7-8H2,(H2,17,20). The maximum atomic E-state index is 12.1. The first-order valence-electron chi connectivity index (χ1n) is 6.35. The van der Waals surface area contributed by atoms with Crippen LogP contribution >= 0.6 is 15.9 Å². The van der Waals surface area contributed by atoms with E-state index in [1.54, 1.807) is 4.90 Å². The van der Waals surface area contributed by atoms with Crippen LogP contribution in [0.4, 0.5) is 5.69 Å². The van der Waals surface area contributed by atoms with Gasteiger partial charge in [0.25, 0.3) is 0 Å². The average Bonchev–Trinajstić information content (AvgIpc) is 2.82. The lowest BCUT2D eigenvalue weighted by molar-refractivity contribution is -0.123. The number of benzene rings is 2. The first-order chi connectivity index (χ1) is 9.58. The zero-order valence-corrected chi connectivity index (χ0v) is 12.3. The molecule has 0 radical (unpaired) electrons. The number of anilines is 1. The van der Waals surface area contributed by atoms with E-state index in [9.17, 15) is 9.59 Å². The normalized spacial score (nSPS) is 18.8. The Kier molecular flexibility index (Phi) is 3.22. The van der Waals surface area contributed by atoms with Gasteiger partial charge in [-0.2, -0.15) is 0 Å². The molecule has 1 aliphatic rings. The highest BCUT2D eigenvalue weighted by molar-refractivity contribution is 9.10. The molecular weight excluding hydrogens is 320 g/mol. The Morgan fingerprint density at radius 3 is 2.55 bits per heavy atom. The van der Waals surface area contributed by atoms with Crippen LogP contribution < -0.4 is 10.6 Å². The average molecular weight is 333 g/mol. The van der Waals surface area contributed by atoms with E-state index in [2.05, 4.69) is 15.9 Å². The van der Waals surface area contributed by atoms with E-state index in [0.29, 0.717) is 6.54 Å². The first kappa shape index (κ1) is 13.1. The summed E-state index contributed by atoms with van der Waals surface area (Å²) in [6, 6.07) is 11.7. The Morgan fingerprint density at radius 2 is 1.90 bits per heavy atom. The Morgan fingerprint density at radius 1 is 1.20 bits per heavy atom. The highest BCUT2D eigenvalue weighted by atomic mass is 79.9. The molecule has 0 aromatic heterocycles. The van der Waals surface area contributed by atoms with Gasteiger partial charge in [-0.3, -0.25) is 9.59 Å². The molecule has 2 amide bonds. The van der Waals surface area contributed by atoms with Gasteiger partial charge in [0, 0.05) is 22.8 Å². The van der Waals surface area contributed by atoms with E-state index in [0.717, 1.165) is 20.9 Å². The predicted molar refractivity (Wildman–Crippen MR) is 81.3 cm³/mol. The lowest BCUT2D eigenvalue weighted by Crippen LogP contribution is -2.28. The highest BCUT2D eigenvalue weighted by Gasteiger charge is 2.34. The monoisotopic (exact) mass is 332 g/mol. The molecule has 2 N–H and O–H groups in total. The molecule has 1 unspecified atom stereocenters. The van der Waals surface area contributed by atoms with E-state index in [1.165, 1.54) is 0 Å². The second-order valence-corrected chi connectivity index (χ2v) is 5.77. The third-order valence-corrected chi connectivity index (χ3v) is 4.36. The molecule has 5 heteroatoms. The zero-order valence-electron chi connectivity index (χ0n) is 10.7. The van der Waals surface area contributed by atoms with Crippen LogP contribution in [0.15, 0.2) is 40.9 Å². The number of hydrogen-bond donors (Lipinski definition) is 1. The number of carbonyl (C=O) groups excluding carboxylic acids is 2. The smallest absolute Gasteiger partial charge is 0.227 e. The molecule has 0 aliphatic carbocycles. The van der Waals surface area contributed by atoms with Gasteiger partial charge in [-0.25, -0.2) is 0 Å². The molecule has 0 saturated carbocycles. The van der Waals surface area contributed by atoms with Crippen LogP contribution in [0.5, 0.6) is 0 Å². The van der Waals surface area contributed by atoms with Gasteiger partial charge in [0.2, 0.25) is 11.8 Å². The Bertz CT molecular complexity index is 714. The summed E-state index contributed by atoms with van der Waals surface area (Å²) in [5.74, 6) is -0.867. The highest BCUT2D eigenvalue weighted by Crippen LogP contribution is 2.35. The molecule has 1 fully saturated rings. The molecule has 1 aliphatic heterocycles. The summed E-state index contributed by atoms with van der Waals surface area (Å²) in [6.45, 7) is 0.361. The summed E-state index contributed by atoms with van der Waals surface area (Å²) in [6.07, 6.45) is 0.194. The molecule has 20 heavy (non-hydrogen) atoms. The number of nitrogens with zero attached hydrogens (tertiary/aromatic N) is 1. The van der Waals surface area contributed by atoms with Crippen LogP contribution in [0.1, 0.15) is 6.42 Å². The van der Waals surface area contributed by atoms with Crippen molar-refractivity contribution >= 4 is 44.2 Å². The zero-order chi connectivity index (χ0) is 14.3. The van der Waals surface area contributed by atoms with Gasteiger partial charge in [-0.05, 0) is 17.5 Å². The Labute approximate surface area is 124 Å². The first-order valence-corrected chi connectivity index (χ1v) is 7.14. The van der Waals surface area contributed by atoms with Gasteiger partial charge in [-0.15, -0.1) is 0 Å². The van der Waals surface area contributed by atoms with Crippen LogP contribution in [0, 0.1) is 5.92 Å². The molecule has 0 bridgehead atoms. The minimum absolute atomic E-state index is 0.0544. The third kappa shape index (κ3) is 2.08. The predicted octanol–water partition coefficient (Wildman–Crippen LogP) is 2.44. The van der Waals surface area contributed by atoms with Crippen molar-refractivity contribution in [3.63, 3.8) is 0 Å². The van der Waals surface area contributed by atoms with E-state index in [1.807, 2.05) is 36.4 Å². The summed E-state index contributed by atoms with van der Waals surface area (Å²) < 4.78 is 0.981. The number of halogens is 1. The van der Waals surface area contributed by atoms with E-state index in [-0.39, 0.29) is 12.3 Å². The van der Waals surface area contributed by atoms with E-state index >= 15 is 0 Å². The van der Waals surface area contributed by atoms with Gasteiger partial charge >= 0.3 is 0 Å². The molecular formula is C15H13BrN2O2. The number of nitrogens with two attached hydrogens (primary N) is 1. The molecule has 2 aromatic rings. The number of amides is 2. The number of carbonyl (C=O) groups is 2. The molecule has 4 nitrogen and oxygen atoms in total. The van der Waals surface area contributed by atoms with Gasteiger partial charge in [0.15, 0.2) is 0 Å². The summed E-state index contributed by atoms with van der Waals surface area (Å²) >= 11 is 3.51. The van der Waals surface area contributed by atoms with Crippen molar-refractivity contribution in [3.05, 3.63) is 40.9 Å². The number of rotatable bonds is 2. The Balaban J connectivity index is 2.09. The van der Waals surface area contributed by atoms with Gasteiger partial charge in [0.05, 0.1) is 11.6 Å².